The zero-order valence-electron chi connectivity index (χ0n) is 11.1. The molecule has 1 heterocycles. The Morgan fingerprint density at radius 1 is 1.05 bits per heavy atom. The van der Waals surface area contributed by atoms with Gasteiger partial charge in [-0.1, -0.05) is 18.2 Å². The summed E-state index contributed by atoms with van der Waals surface area (Å²) in [5.41, 5.74) is 3.19. The van der Waals surface area contributed by atoms with Gasteiger partial charge in [0.2, 0.25) is 0 Å². The molecule has 4 nitrogen and oxygen atoms in total. The SMILES string of the molecule is CC(S)c1ccc2c(c1)Nc1ccccc1O2.O.O.[HH].[Y]. The van der Waals surface area contributed by atoms with Crippen molar-refractivity contribution in [3.8, 4) is 11.5 Å². The number of ether oxygens (including phenoxy) is 1. The van der Waals surface area contributed by atoms with Crippen LogP contribution in [0, 0.1) is 0 Å². The van der Waals surface area contributed by atoms with Gasteiger partial charge in [0, 0.05) is 39.4 Å². The second-order valence-electron chi connectivity index (χ2n) is 4.15. The van der Waals surface area contributed by atoms with Crippen molar-refractivity contribution < 1.29 is 49.8 Å². The maximum atomic E-state index is 5.82. The molecule has 1 radical (unpaired) electrons. The number of nitrogens with one attached hydrogen (secondary N) is 1. The Balaban J connectivity index is 0. The monoisotopic (exact) mass is 370 g/mol. The first-order valence-electron chi connectivity index (χ1n) is 5.60. The van der Waals surface area contributed by atoms with E-state index in [-0.39, 0.29) is 50.3 Å². The van der Waals surface area contributed by atoms with E-state index in [1.54, 1.807) is 0 Å². The molecular weight excluding hydrogens is 351 g/mol. The van der Waals surface area contributed by atoms with Gasteiger partial charge in [-0.05, 0) is 36.8 Å². The molecule has 2 aromatic rings. The summed E-state index contributed by atoms with van der Waals surface area (Å²) in [6, 6.07) is 14.0. The van der Waals surface area contributed by atoms with Crippen LogP contribution in [-0.2, 0) is 32.7 Å². The Bertz CT molecular complexity index is 584. The van der Waals surface area contributed by atoms with Crippen molar-refractivity contribution >= 4 is 24.0 Å². The van der Waals surface area contributed by atoms with E-state index in [9.17, 15) is 0 Å². The molecule has 0 fully saturated rings. The zero-order chi connectivity index (χ0) is 11.8. The van der Waals surface area contributed by atoms with Crippen LogP contribution in [0.15, 0.2) is 42.5 Å². The third kappa shape index (κ3) is 3.74. The second-order valence-corrected chi connectivity index (χ2v) is 4.93. The molecule has 0 spiro atoms. The van der Waals surface area contributed by atoms with Crippen LogP contribution in [0.25, 0.3) is 0 Å². The van der Waals surface area contributed by atoms with Crippen molar-refractivity contribution in [3.63, 3.8) is 0 Å². The smallest absolute Gasteiger partial charge is 0.150 e. The molecule has 0 amide bonds. The number of thiol groups is 1. The average molecular weight is 370 g/mol. The molecule has 0 aliphatic carbocycles. The minimum Gasteiger partial charge on any atom is -0.453 e. The number of para-hydroxylation sites is 2. The quantitative estimate of drug-likeness (QED) is 0.645. The summed E-state index contributed by atoms with van der Waals surface area (Å²) >= 11 is 4.44. The molecule has 20 heavy (non-hydrogen) atoms. The molecule has 6 heteroatoms. The largest absolute Gasteiger partial charge is 0.453 e. The molecule has 1 atom stereocenters. The van der Waals surface area contributed by atoms with Gasteiger partial charge in [-0.2, -0.15) is 12.6 Å². The van der Waals surface area contributed by atoms with Crippen molar-refractivity contribution in [3.05, 3.63) is 48.0 Å². The van der Waals surface area contributed by atoms with Crippen LogP contribution >= 0.6 is 12.6 Å². The van der Waals surface area contributed by atoms with Gasteiger partial charge in [0.15, 0.2) is 11.5 Å². The molecule has 1 unspecified atom stereocenters. The maximum Gasteiger partial charge on any atom is 0.150 e. The minimum absolute atomic E-state index is 0. The van der Waals surface area contributed by atoms with Gasteiger partial charge in [-0.25, -0.2) is 0 Å². The summed E-state index contributed by atoms with van der Waals surface area (Å²) in [4.78, 5) is 0. The standard InChI is InChI=1S/C14H13NOS.2H2O.Y.H2/c1-9(17)10-6-7-14-12(8-10)15-11-4-2-3-5-13(11)16-14;;;;/h2-9,15,17H,1H3;2*1H2;;1H. The Kier molecular flexibility index (Phi) is 7.77. The molecule has 0 saturated carbocycles. The van der Waals surface area contributed by atoms with Gasteiger partial charge >= 0.3 is 0 Å². The number of hydrogen-bond donors (Lipinski definition) is 2. The number of anilines is 2. The van der Waals surface area contributed by atoms with Gasteiger partial charge in [-0.15, -0.1) is 0 Å². The number of benzene rings is 2. The predicted molar refractivity (Wildman–Crippen MR) is 83.0 cm³/mol. The number of fused-ring (bicyclic) bond motifs is 2. The summed E-state index contributed by atoms with van der Waals surface area (Å²) in [6.45, 7) is 2.06. The Labute approximate surface area is 150 Å². The van der Waals surface area contributed by atoms with Crippen LogP contribution in [0.3, 0.4) is 0 Å². The fourth-order valence-electron chi connectivity index (χ4n) is 1.92. The van der Waals surface area contributed by atoms with E-state index in [0.29, 0.717) is 0 Å². The normalized spacial score (nSPS) is 11.9. The second kappa shape index (κ2) is 8.00. The summed E-state index contributed by atoms with van der Waals surface area (Å²) < 4.78 is 5.82. The van der Waals surface area contributed by atoms with E-state index in [2.05, 4.69) is 30.9 Å². The topological polar surface area (TPSA) is 84.3 Å². The van der Waals surface area contributed by atoms with Crippen molar-refractivity contribution in [2.75, 3.05) is 5.32 Å². The fourth-order valence-corrected chi connectivity index (χ4v) is 2.08. The first kappa shape index (κ1) is 19.4. The van der Waals surface area contributed by atoms with Crippen molar-refractivity contribution in [2.24, 2.45) is 0 Å². The van der Waals surface area contributed by atoms with Crippen LogP contribution in [0.1, 0.15) is 19.2 Å². The van der Waals surface area contributed by atoms with E-state index in [4.69, 9.17) is 4.74 Å². The fraction of sp³-hybridized carbons (Fsp3) is 0.143. The van der Waals surface area contributed by atoms with Gasteiger partial charge < -0.3 is 21.0 Å². The molecule has 1 aliphatic rings. The summed E-state index contributed by atoms with van der Waals surface area (Å²) in [5.74, 6) is 1.73. The van der Waals surface area contributed by atoms with Gasteiger partial charge in [0.05, 0.1) is 11.4 Å². The third-order valence-corrected chi connectivity index (χ3v) is 3.16. The summed E-state index contributed by atoms with van der Waals surface area (Å²) in [6.07, 6.45) is 0. The van der Waals surface area contributed by atoms with Gasteiger partial charge in [0.25, 0.3) is 0 Å². The molecule has 3 rings (SSSR count). The zero-order valence-corrected chi connectivity index (χ0v) is 14.8. The van der Waals surface area contributed by atoms with Crippen LogP contribution in [0.4, 0.5) is 11.4 Å². The molecule has 0 bridgehead atoms. The minimum atomic E-state index is 0. The molecule has 0 aromatic heterocycles. The molecule has 5 N–H and O–H groups in total. The average Bonchev–Trinajstić information content (AvgIpc) is 2.35. The number of rotatable bonds is 1. The Morgan fingerprint density at radius 2 is 1.70 bits per heavy atom. The molecule has 0 saturated heterocycles. The van der Waals surface area contributed by atoms with E-state index >= 15 is 0 Å². The number of hydrogen-bond acceptors (Lipinski definition) is 3. The van der Waals surface area contributed by atoms with E-state index in [1.807, 2.05) is 36.4 Å². The van der Waals surface area contributed by atoms with E-state index < -0.39 is 0 Å². The Hall–Kier alpha value is -0.586. The molecule has 2 aromatic carbocycles. The maximum absolute atomic E-state index is 5.82. The predicted octanol–water partition coefficient (Wildman–Crippen LogP) is 3.12. The summed E-state index contributed by atoms with van der Waals surface area (Å²) in [7, 11) is 0. The third-order valence-electron chi connectivity index (χ3n) is 2.86. The first-order chi connectivity index (χ1) is 8.24. The van der Waals surface area contributed by atoms with Crippen molar-refractivity contribution in [1.29, 1.82) is 0 Å². The van der Waals surface area contributed by atoms with Gasteiger partial charge in [-0.3, -0.25) is 0 Å². The first-order valence-corrected chi connectivity index (χ1v) is 6.11. The van der Waals surface area contributed by atoms with E-state index in [0.717, 1.165) is 22.9 Å². The summed E-state index contributed by atoms with van der Waals surface area (Å²) in [5, 5.41) is 3.60. The van der Waals surface area contributed by atoms with Crippen LogP contribution in [-0.4, -0.2) is 11.0 Å². The molecule has 107 valence electrons. The van der Waals surface area contributed by atoms with Crippen molar-refractivity contribution in [1.82, 2.24) is 0 Å². The van der Waals surface area contributed by atoms with Gasteiger partial charge in [0.1, 0.15) is 0 Å². The van der Waals surface area contributed by atoms with Crippen LogP contribution in [0.5, 0.6) is 11.5 Å². The molecular formula is C14H19NO3SY. The van der Waals surface area contributed by atoms with Crippen molar-refractivity contribution in [2.45, 2.75) is 12.2 Å². The Morgan fingerprint density at radius 3 is 2.40 bits per heavy atom. The molecule has 1 aliphatic heterocycles. The van der Waals surface area contributed by atoms with E-state index in [1.165, 1.54) is 5.56 Å². The van der Waals surface area contributed by atoms with Crippen LogP contribution in [0.2, 0.25) is 0 Å². The van der Waals surface area contributed by atoms with Crippen LogP contribution < -0.4 is 10.1 Å².